The number of hydrogen-bond acceptors (Lipinski definition) is 4. The summed E-state index contributed by atoms with van der Waals surface area (Å²) in [6.07, 6.45) is 1.93. The Labute approximate surface area is 79.9 Å². The molecule has 4 heteroatoms. The van der Waals surface area contributed by atoms with Crippen LogP contribution in [0.25, 0.3) is 0 Å². The molecule has 0 amide bonds. The lowest BCUT2D eigenvalue weighted by atomic mass is 9.94. The van der Waals surface area contributed by atoms with Gasteiger partial charge in [0.2, 0.25) is 0 Å². The van der Waals surface area contributed by atoms with Crippen LogP contribution in [0.4, 0.5) is 0 Å². The van der Waals surface area contributed by atoms with Crippen LogP contribution in [0.15, 0.2) is 0 Å². The number of rotatable bonds is 2. The molecule has 12 heavy (non-hydrogen) atoms. The molecule has 1 rings (SSSR count). The lowest BCUT2D eigenvalue weighted by molar-refractivity contribution is -0.0230. The molecule has 1 atom stereocenters. The first kappa shape index (κ1) is 10.3. The van der Waals surface area contributed by atoms with E-state index in [4.69, 9.17) is 0 Å². The largest absolute Gasteiger partial charge is 0.387 e. The van der Waals surface area contributed by atoms with Gasteiger partial charge >= 0.3 is 0 Å². The number of thiol groups is 1. The second kappa shape index (κ2) is 3.96. The molecule has 0 aliphatic carbocycles. The summed E-state index contributed by atoms with van der Waals surface area (Å²) in [5, 5.41) is 10.1. The maximum Gasteiger partial charge on any atom is 0.0909 e. The molecule has 1 saturated heterocycles. The van der Waals surface area contributed by atoms with Gasteiger partial charge < -0.3 is 10.0 Å². The van der Waals surface area contributed by atoms with Gasteiger partial charge in [0, 0.05) is 19.6 Å². The monoisotopic (exact) mass is 190 g/mol. The van der Waals surface area contributed by atoms with Crippen molar-refractivity contribution in [1.29, 1.82) is 0 Å². The van der Waals surface area contributed by atoms with Gasteiger partial charge in [0.15, 0.2) is 0 Å². The second-order valence-corrected chi connectivity index (χ2v) is 4.52. The maximum atomic E-state index is 10.1. The van der Waals surface area contributed by atoms with Crippen LogP contribution in [0, 0.1) is 0 Å². The zero-order valence-corrected chi connectivity index (χ0v) is 8.72. The van der Waals surface area contributed by atoms with Gasteiger partial charge in [0.1, 0.15) is 0 Å². The summed E-state index contributed by atoms with van der Waals surface area (Å²) in [5.41, 5.74) is -0.552. The Balaban J connectivity index is 2.45. The van der Waals surface area contributed by atoms with Gasteiger partial charge in [-0.1, -0.05) is 12.8 Å². The van der Waals surface area contributed by atoms with Gasteiger partial charge in [-0.15, -0.1) is 0 Å². The lowest BCUT2D eigenvalue weighted by Gasteiger charge is -2.38. The Bertz CT molecular complexity index is 150. The van der Waals surface area contributed by atoms with Gasteiger partial charge in [-0.3, -0.25) is 4.31 Å². The van der Waals surface area contributed by atoms with E-state index in [1.807, 2.05) is 23.3 Å². The second-order valence-electron chi connectivity index (χ2n) is 3.95. The summed E-state index contributed by atoms with van der Waals surface area (Å²) in [5.74, 6) is 0. The van der Waals surface area contributed by atoms with Crippen LogP contribution in [-0.2, 0) is 0 Å². The number of nitrogens with zero attached hydrogens (tertiary/aromatic N) is 2. The van der Waals surface area contributed by atoms with E-state index in [9.17, 15) is 5.11 Å². The highest BCUT2D eigenvalue weighted by molar-refractivity contribution is 7.77. The van der Waals surface area contributed by atoms with Gasteiger partial charge in [-0.2, -0.15) is 0 Å². The summed E-state index contributed by atoms with van der Waals surface area (Å²) in [4.78, 5) is 2.02. The molecule has 1 N–H and O–H groups in total. The standard InChI is InChI=1S/C8H18N2OS/c1-9(2)6-8(11)4-3-5-10(12)7-8/h11-12H,3-7H2,1-2H3/t8-/m1/s1. The normalized spacial score (nSPS) is 32.8. The lowest BCUT2D eigenvalue weighted by Crippen LogP contribution is -2.50. The zero-order chi connectivity index (χ0) is 9.19. The summed E-state index contributed by atoms with van der Waals surface area (Å²) in [6, 6.07) is 0. The number of β-amino-alcohol motifs (C(OH)–C–C–N with tert-alkyl or cyclic N) is 1. The van der Waals surface area contributed by atoms with E-state index in [1.54, 1.807) is 0 Å². The molecule has 1 heterocycles. The van der Waals surface area contributed by atoms with Crippen LogP contribution in [0.5, 0.6) is 0 Å². The molecule has 1 fully saturated rings. The van der Waals surface area contributed by atoms with E-state index in [2.05, 4.69) is 12.8 Å². The maximum absolute atomic E-state index is 10.1. The zero-order valence-electron chi connectivity index (χ0n) is 7.82. The van der Waals surface area contributed by atoms with Gasteiger partial charge in [0.25, 0.3) is 0 Å². The molecule has 0 aromatic rings. The van der Waals surface area contributed by atoms with Crippen molar-refractivity contribution in [2.45, 2.75) is 18.4 Å². The Hall–Kier alpha value is 0.230. The third-order valence-electron chi connectivity index (χ3n) is 2.15. The van der Waals surface area contributed by atoms with Crippen molar-refractivity contribution < 1.29 is 5.11 Å². The van der Waals surface area contributed by atoms with E-state index >= 15 is 0 Å². The average Bonchev–Trinajstić information content (AvgIpc) is 1.82. The molecule has 0 aromatic carbocycles. The highest BCUT2D eigenvalue weighted by Crippen LogP contribution is 2.22. The van der Waals surface area contributed by atoms with Crippen LogP contribution >= 0.6 is 12.8 Å². The van der Waals surface area contributed by atoms with Crippen molar-refractivity contribution in [3.63, 3.8) is 0 Å². The smallest absolute Gasteiger partial charge is 0.0909 e. The molecule has 0 aromatic heterocycles. The predicted molar refractivity (Wildman–Crippen MR) is 53.3 cm³/mol. The first-order valence-electron chi connectivity index (χ1n) is 4.33. The Morgan fingerprint density at radius 1 is 1.58 bits per heavy atom. The van der Waals surface area contributed by atoms with E-state index in [0.717, 1.165) is 25.9 Å². The van der Waals surface area contributed by atoms with Crippen molar-refractivity contribution in [2.75, 3.05) is 33.7 Å². The summed E-state index contributed by atoms with van der Waals surface area (Å²) < 4.78 is 1.90. The predicted octanol–water partition coefficient (Wildman–Crippen LogP) is 0.220. The van der Waals surface area contributed by atoms with Crippen molar-refractivity contribution in [2.24, 2.45) is 0 Å². The highest BCUT2D eigenvalue weighted by atomic mass is 32.1. The minimum Gasteiger partial charge on any atom is -0.387 e. The molecular formula is C8H18N2OS. The third kappa shape index (κ3) is 2.94. The Kier molecular flexibility index (Phi) is 3.40. The van der Waals surface area contributed by atoms with Crippen molar-refractivity contribution in [3.8, 4) is 0 Å². The molecule has 1 aliphatic heterocycles. The molecule has 1 aliphatic rings. The quantitative estimate of drug-likeness (QED) is 0.610. The van der Waals surface area contributed by atoms with Crippen molar-refractivity contribution in [1.82, 2.24) is 9.21 Å². The van der Waals surface area contributed by atoms with Crippen LogP contribution in [0.1, 0.15) is 12.8 Å². The fraction of sp³-hybridized carbons (Fsp3) is 1.00. The van der Waals surface area contributed by atoms with Crippen molar-refractivity contribution >= 4 is 12.8 Å². The summed E-state index contributed by atoms with van der Waals surface area (Å²) in [7, 11) is 3.96. The minimum atomic E-state index is -0.552. The number of aliphatic hydroxyl groups is 1. The van der Waals surface area contributed by atoms with E-state index in [0.29, 0.717) is 6.54 Å². The first-order valence-corrected chi connectivity index (χ1v) is 4.73. The molecule has 0 radical (unpaired) electrons. The third-order valence-corrected chi connectivity index (χ3v) is 2.49. The first-order chi connectivity index (χ1) is 5.52. The summed E-state index contributed by atoms with van der Waals surface area (Å²) in [6.45, 7) is 2.39. The van der Waals surface area contributed by atoms with Crippen LogP contribution < -0.4 is 0 Å². The van der Waals surface area contributed by atoms with E-state index in [-0.39, 0.29) is 0 Å². The molecule has 0 unspecified atom stereocenters. The molecule has 0 bridgehead atoms. The minimum absolute atomic E-state index is 0.552. The van der Waals surface area contributed by atoms with Gasteiger partial charge in [0.05, 0.1) is 5.60 Å². The van der Waals surface area contributed by atoms with Gasteiger partial charge in [-0.25, -0.2) is 0 Å². The molecule has 0 spiro atoms. The van der Waals surface area contributed by atoms with E-state index in [1.165, 1.54) is 0 Å². The number of likely N-dealkylation sites (N-methyl/N-ethyl adjacent to an activating group) is 1. The Morgan fingerprint density at radius 2 is 2.25 bits per heavy atom. The summed E-state index contributed by atoms with van der Waals surface area (Å²) >= 11 is 4.25. The van der Waals surface area contributed by atoms with Crippen LogP contribution in [0.3, 0.4) is 0 Å². The SMILES string of the molecule is CN(C)C[C@]1(O)CCCN(S)C1. The van der Waals surface area contributed by atoms with E-state index < -0.39 is 5.60 Å². The highest BCUT2D eigenvalue weighted by Gasteiger charge is 2.32. The van der Waals surface area contributed by atoms with Gasteiger partial charge in [-0.05, 0) is 26.9 Å². The number of piperidine rings is 1. The fourth-order valence-electron chi connectivity index (χ4n) is 1.81. The molecule has 72 valence electrons. The van der Waals surface area contributed by atoms with Crippen LogP contribution in [0.2, 0.25) is 0 Å². The number of hydrogen-bond donors (Lipinski definition) is 2. The topological polar surface area (TPSA) is 26.7 Å². The Morgan fingerprint density at radius 3 is 2.75 bits per heavy atom. The molecule has 3 nitrogen and oxygen atoms in total. The average molecular weight is 190 g/mol. The fourth-order valence-corrected chi connectivity index (χ4v) is 2.21. The van der Waals surface area contributed by atoms with Crippen molar-refractivity contribution in [3.05, 3.63) is 0 Å². The van der Waals surface area contributed by atoms with Crippen LogP contribution in [-0.4, -0.2) is 53.6 Å². The molecule has 0 saturated carbocycles. The molecular weight excluding hydrogens is 172 g/mol.